The van der Waals surface area contributed by atoms with Gasteiger partial charge in [-0.2, -0.15) is 0 Å². The van der Waals surface area contributed by atoms with Crippen molar-refractivity contribution in [2.24, 2.45) is 11.8 Å². The van der Waals surface area contributed by atoms with Crippen LogP contribution in [0.25, 0.3) is 0 Å². The fourth-order valence-corrected chi connectivity index (χ4v) is 3.31. The number of hydrogen-bond donors (Lipinski definition) is 1. The minimum absolute atomic E-state index is 0.0623. The fourth-order valence-electron chi connectivity index (χ4n) is 3.31. The molecule has 0 aromatic heterocycles. The van der Waals surface area contributed by atoms with Gasteiger partial charge < -0.3 is 10.1 Å². The standard InChI is InChI=1S/C12H21NO/c1-12(2)11(3-4-14-12)13-10-6-8-5-9(8)7-10/h8-11,13H,3-7H2,1-2H3. The molecule has 3 aliphatic rings. The Labute approximate surface area is 86.4 Å². The van der Waals surface area contributed by atoms with E-state index in [-0.39, 0.29) is 5.60 Å². The van der Waals surface area contributed by atoms with Gasteiger partial charge in [0.25, 0.3) is 0 Å². The highest BCUT2D eigenvalue weighted by molar-refractivity contribution is 5.01. The Morgan fingerprint density at radius 1 is 1.14 bits per heavy atom. The zero-order chi connectivity index (χ0) is 9.76. The number of hydrogen-bond acceptors (Lipinski definition) is 2. The number of fused-ring (bicyclic) bond motifs is 1. The van der Waals surface area contributed by atoms with Crippen LogP contribution < -0.4 is 5.32 Å². The molecule has 1 saturated heterocycles. The summed E-state index contributed by atoms with van der Waals surface area (Å²) >= 11 is 0. The average molecular weight is 195 g/mol. The van der Waals surface area contributed by atoms with Crippen LogP contribution in [-0.2, 0) is 4.74 Å². The first-order valence-corrected chi connectivity index (χ1v) is 6.05. The van der Waals surface area contributed by atoms with Gasteiger partial charge in [-0.3, -0.25) is 0 Å². The van der Waals surface area contributed by atoms with Gasteiger partial charge in [-0.1, -0.05) is 0 Å². The molecule has 2 nitrogen and oxygen atoms in total. The molecular formula is C12H21NO. The van der Waals surface area contributed by atoms with E-state index in [1.54, 1.807) is 0 Å². The van der Waals surface area contributed by atoms with Crippen molar-refractivity contribution in [2.45, 2.75) is 57.2 Å². The second-order valence-electron chi connectivity index (χ2n) is 5.88. The molecule has 14 heavy (non-hydrogen) atoms. The molecule has 3 atom stereocenters. The van der Waals surface area contributed by atoms with E-state index in [4.69, 9.17) is 4.74 Å². The zero-order valence-electron chi connectivity index (χ0n) is 9.25. The third-order valence-electron chi connectivity index (χ3n) is 4.40. The van der Waals surface area contributed by atoms with Gasteiger partial charge in [-0.15, -0.1) is 0 Å². The molecule has 80 valence electrons. The van der Waals surface area contributed by atoms with Gasteiger partial charge in [-0.05, 0) is 51.4 Å². The molecule has 0 bridgehead atoms. The van der Waals surface area contributed by atoms with Crippen LogP contribution in [0.5, 0.6) is 0 Å². The lowest BCUT2D eigenvalue weighted by Gasteiger charge is -2.30. The summed E-state index contributed by atoms with van der Waals surface area (Å²) in [5.74, 6) is 2.16. The van der Waals surface area contributed by atoms with E-state index in [1.807, 2.05) is 0 Å². The van der Waals surface area contributed by atoms with Gasteiger partial charge in [-0.25, -0.2) is 0 Å². The van der Waals surface area contributed by atoms with E-state index in [0.29, 0.717) is 6.04 Å². The van der Waals surface area contributed by atoms with Gasteiger partial charge in [0.2, 0.25) is 0 Å². The smallest absolute Gasteiger partial charge is 0.0779 e. The zero-order valence-corrected chi connectivity index (χ0v) is 9.25. The third kappa shape index (κ3) is 1.49. The van der Waals surface area contributed by atoms with Gasteiger partial charge in [0, 0.05) is 18.7 Å². The number of ether oxygens (including phenoxy) is 1. The number of nitrogens with one attached hydrogen (secondary N) is 1. The highest BCUT2D eigenvalue weighted by Crippen LogP contribution is 2.52. The summed E-state index contributed by atoms with van der Waals surface area (Å²) in [5.41, 5.74) is 0.0623. The van der Waals surface area contributed by atoms with Crippen molar-refractivity contribution < 1.29 is 4.74 Å². The quantitative estimate of drug-likeness (QED) is 0.727. The second kappa shape index (κ2) is 2.96. The summed E-state index contributed by atoms with van der Waals surface area (Å²) in [5, 5.41) is 3.80. The molecule has 1 heterocycles. The van der Waals surface area contributed by atoms with Crippen LogP contribution in [0, 0.1) is 11.8 Å². The van der Waals surface area contributed by atoms with Crippen LogP contribution in [0.4, 0.5) is 0 Å². The summed E-state index contributed by atoms with van der Waals surface area (Å²) in [6.45, 7) is 5.37. The largest absolute Gasteiger partial charge is 0.374 e. The third-order valence-corrected chi connectivity index (χ3v) is 4.40. The summed E-state index contributed by atoms with van der Waals surface area (Å²) in [6, 6.07) is 1.38. The summed E-state index contributed by atoms with van der Waals surface area (Å²) in [6.07, 6.45) is 5.57. The SMILES string of the molecule is CC1(C)OCCC1NC1CC2CC2C1. The van der Waals surface area contributed by atoms with Crippen LogP contribution in [0.1, 0.15) is 39.5 Å². The van der Waals surface area contributed by atoms with Gasteiger partial charge in [0.05, 0.1) is 5.60 Å². The lowest BCUT2D eigenvalue weighted by Crippen LogP contribution is -2.47. The first kappa shape index (κ1) is 9.17. The molecule has 0 aromatic carbocycles. The van der Waals surface area contributed by atoms with Crippen molar-refractivity contribution in [1.82, 2.24) is 5.32 Å². The van der Waals surface area contributed by atoms with Crippen molar-refractivity contribution >= 4 is 0 Å². The molecule has 0 radical (unpaired) electrons. The van der Waals surface area contributed by atoms with E-state index in [0.717, 1.165) is 24.5 Å². The van der Waals surface area contributed by atoms with E-state index < -0.39 is 0 Å². The normalized spacial score (nSPS) is 49.3. The van der Waals surface area contributed by atoms with E-state index in [2.05, 4.69) is 19.2 Å². The molecule has 0 amide bonds. The Hall–Kier alpha value is -0.0800. The monoisotopic (exact) mass is 195 g/mol. The highest BCUT2D eigenvalue weighted by atomic mass is 16.5. The van der Waals surface area contributed by atoms with Crippen LogP contribution in [-0.4, -0.2) is 24.3 Å². The molecule has 3 fully saturated rings. The Kier molecular flexibility index (Phi) is 1.94. The first-order chi connectivity index (χ1) is 6.65. The van der Waals surface area contributed by atoms with Gasteiger partial charge in [0.1, 0.15) is 0 Å². The van der Waals surface area contributed by atoms with Crippen LogP contribution >= 0.6 is 0 Å². The molecule has 0 aromatic rings. The molecule has 3 rings (SSSR count). The van der Waals surface area contributed by atoms with Crippen LogP contribution in [0.2, 0.25) is 0 Å². The van der Waals surface area contributed by atoms with Gasteiger partial charge >= 0.3 is 0 Å². The Morgan fingerprint density at radius 3 is 2.43 bits per heavy atom. The topological polar surface area (TPSA) is 21.3 Å². The van der Waals surface area contributed by atoms with E-state index in [1.165, 1.54) is 25.7 Å². The Morgan fingerprint density at radius 2 is 1.86 bits per heavy atom. The minimum Gasteiger partial charge on any atom is -0.374 e. The fraction of sp³-hybridized carbons (Fsp3) is 1.00. The molecule has 2 heteroatoms. The predicted molar refractivity (Wildman–Crippen MR) is 56.2 cm³/mol. The Bertz CT molecular complexity index is 228. The molecular weight excluding hydrogens is 174 g/mol. The second-order valence-corrected chi connectivity index (χ2v) is 5.88. The van der Waals surface area contributed by atoms with Crippen molar-refractivity contribution in [3.05, 3.63) is 0 Å². The highest BCUT2D eigenvalue weighted by Gasteiger charge is 2.47. The Balaban J connectivity index is 1.56. The van der Waals surface area contributed by atoms with E-state index in [9.17, 15) is 0 Å². The van der Waals surface area contributed by atoms with Crippen molar-refractivity contribution in [3.8, 4) is 0 Å². The molecule has 1 N–H and O–H groups in total. The van der Waals surface area contributed by atoms with Crippen LogP contribution in [0.3, 0.4) is 0 Å². The van der Waals surface area contributed by atoms with Crippen molar-refractivity contribution in [2.75, 3.05) is 6.61 Å². The van der Waals surface area contributed by atoms with Gasteiger partial charge in [0.15, 0.2) is 0 Å². The molecule has 2 saturated carbocycles. The summed E-state index contributed by atoms with van der Waals surface area (Å²) in [4.78, 5) is 0. The van der Waals surface area contributed by atoms with E-state index >= 15 is 0 Å². The minimum atomic E-state index is 0.0623. The molecule has 1 aliphatic heterocycles. The average Bonchev–Trinajstić information content (AvgIpc) is 2.57. The van der Waals surface area contributed by atoms with Crippen molar-refractivity contribution in [3.63, 3.8) is 0 Å². The maximum absolute atomic E-state index is 5.74. The molecule has 0 spiro atoms. The maximum atomic E-state index is 5.74. The lowest BCUT2D eigenvalue weighted by atomic mass is 9.97. The summed E-state index contributed by atoms with van der Waals surface area (Å²) < 4.78 is 5.74. The maximum Gasteiger partial charge on any atom is 0.0779 e. The van der Waals surface area contributed by atoms with Crippen LogP contribution in [0.15, 0.2) is 0 Å². The number of rotatable bonds is 2. The van der Waals surface area contributed by atoms with Crippen molar-refractivity contribution in [1.29, 1.82) is 0 Å². The molecule has 3 unspecified atom stereocenters. The lowest BCUT2D eigenvalue weighted by molar-refractivity contribution is 0.0193. The molecule has 2 aliphatic carbocycles. The summed E-state index contributed by atoms with van der Waals surface area (Å²) in [7, 11) is 0. The first-order valence-electron chi connectivity index (χ1n) is 6.05. The predicted octanol–water partition coefficient (Wildman–Crippen LogP) is 1.94.